The van der Waals surface area contributed by atoms with E-state index in [0.717, 1.165) is 18.1 Å². The van der Waals surface area contributed by atoms with Crippen LogP contribution in [0.4, 0.5) is 14.5 Å². The van der Waals surface area contributed by atoms with E-state index >= 15 is 0 Å². The minimum absolute atomic E-state index is 0.136. The van der Waals surface area contributed by atoms with Crippen molar-refractivity contribution in [2.75, 3.05) is 18.5 Å². The minimum atomic E-state index is -0.850. The molecular weight excluding hydrogens is 260 g/mol. The van der Waals surface area contributed by atoms with E-state index in [2.05, 4.69) is 11.4 Å². The van der Waals surface area contributed by atoms with Crippen LogP contribution < -0.4 is 5.32 Å². The van der Waals surface area contributed by atoms with Gasteiger partial charge in [0.15, 0.2) is 11.6 Å². The Kier molecular flexibility index (Phi) is 3.65. The third kappa shape index (κ3) is 2.51. The lowest BCUT2D eigenvalue weighted by atomic mass is 9.97. The molecule has 1 aliphatic heterocycles. The molecule has 1 aliphatic rings. The highest BCUT2D eigenvalue weighted by Crippen LogP contribution is 2.27. The number of rotatable bonds is 3. The van der Waals surface area contributed by atoms with Gasteiger partial charge < -0.3 is 10.1 Å². The molecule has 0 amide bonds. The molecule has 0 aromatic heterocycles. The van der Waals surface area contributed by atoms with Crippen LogP contribution in [0, 0.1) is 11.6 Å². The highest BCUT2D eigenvalue weighted by Gasteiger charge is 2.20. The summed E-state index contributed by atoms with van der Waals surface area (Å²) < 4.78 is 32.4. The number of ether oxygens (including phenoxy) is 1. The second-order valence-electron chi connectivity index (χ2n) is 4.79. The molecule has 0 radical (unpaired) electrons. The number of fused-ring (bicyclic) bond motifs is 1. The van der Waals surface area contributed by atoms with Crippen molar-refractivity contribution in [3.8, 4) is 0 Å². The molecule has 2 aromatic carbocycles. The second-order valence-corrected chi connectivity index (χ2v) is 4.79. The summed E-state index contributed by atoms with van der Waals surface area (Å²) in [6, 6.07) is 12.2. The first kappa shape index (κ1) is 13.1. The predicted octanol–water partition coefficient (Wildman–Crippen LogP) is 3.69. The Labute approximate surface area is 116 Å². The van der Waals surface area contributed by atoms with Crippen LogP contribution in [-0.2, 0) is 11.2 Å². The Morgan fingerprint density at radius 2 is 1.95 bits per heavy atom. The van der Waals surface area contributed by atoms with E-state index < -0.39 is 11.6 Å². The molecular formula is C16H15F2NO. The maximum absolute atomic E-state index is 13.6. The zero-order valence-electron chi connectivity index (χ0n) is 10.9. The molecule has 1 heterocycles. The summed E-state index contributed by atoms with van der Waals surface area (Å²) in [5.41, 5.74) is 2.53. The topological polar surface area (TPSA) is 21.3 Å². The van der Waals surface area contributed by atoms with E-state index in [1.807, 2.05) is 18.2 Å². The SMILES string of the molecule is Fc1cccc(NCC2OCCc3ccccc32)c1F. The standard InChI is InChI=1S/C16H15F2NO/c17-13-6-3-7-14(16(13)18)19-10-15-12-5-2-1-4-11(12)8-9-20-15/h1-7,15,19H,8-10H2. The quantitative estimate of drug-likeness (QED) is 0.922. The fraction of sp³-hybridized carbons (Fsp3) is 0.250. The Balaban J connectivity index is 1.75. The van der Waals surface area contributed by atoms with Crippen molar-refractivity contribution in [1.29, 1.82) is 0 Å². The fourth-order valence-corrected chi connectivity index (χ4v) is 2.49. The monoisotopic (exact) mass is 275 g/mol. The first-order chi connectivity index (χ1) is 9.75. The highest BCUT2D eigenvalue weighted by molar-refractivity contribution is 5.45. The van der Waals surface area contributed by atoms with Crippen molar-refractivity contribution < 1.29 is 13.5 Å². The summed E-state index contributed by atoms with van der Waals surface area (Å²) in [5, 5.41) is 2.92. The van der Waals surface area contributed by atoms with Crippen molar-refractivity contribution in [2.45, 2.75) is 12.5 Å². The van der Waals surface area contributed by atoms with Gasteiger partial charge in [-0.25, -0.2) is 8.78 Å². The van der Waals surface area contributed by atoms with Gasteiger partial charge in [0.25, 0.3) is 0 Å². The highest BCUT2D eigenvalue weighted by atomic mass is 19.2. The van der Waals surface area contributed by atoms with Crippen LogP contribution in [0.25, 0.3) is 0 Å². The van der Waals surface area contributed by atoms with Crippen molar-refractivity contribution in [3.05, 3.63) is 65.2 Å². The molecule has 2 nitrogen and oxygen atoms in total. The smallest absolute Gasteiger partial charge is 0.181 e. The van der Waals surface area contributed by atoms with Crippen molar-refractivity contribution in [3.63, 3.8) is 0 Å². The number of anilines is 1. The van der Waals surface area contributed by atoms with Gasteiger partial charge in [-0.05, 0) is 29.7 Å². The van der Waals surface area contributed by atoms with E-state index in [1.165, 1.54) is 17.7 Å². The van der Waals surface area contributed by atoms with E-state index in [0.29, 0.717) is 13.2 Å². The summed E-state index contributed by atoms with van der Waals surface area (Å²) in [5.74, 6) is -1.70. The van der Waals surface area contributed by atoms with Crippen LogP contribution in [0.15, 0.2) is 42.5 Å². The largest absolute Gasteiger partial charge is 0.380 e. The molecule has 20 heavy (non-hydrogen) atoms. The van der Waals surface area contributed by atoms with Crippen molar-refractivity contribution >= 4 is 5.69 Å². The number of halogens is 2. The number of benzene rings is 2. The van der Waals surface area contributed by atoms with Gasteiger partial charge in [0.05, 0.1) is 18.4 Å². The number of nitrogens with one attached hydrogen (secondary N) is 1. The Hall–Kier alpha value is -1.94. The van der Waals surface area contributed by atoms with Gasteiger partial charge in [-0.1, -0.05) is 30.3 Å². The molecule has 0 saturated heterocycles. The molecule has 1 unspecified atom stereocenters. The van der Waals surface area contributed by atoms with Crippen LogP contribution in [0.3, 0.4) is 0 Å². The Bertz CT molecular complexity index is 615. The summed E-state index contributed by atoms with van der Waals surface area (Å²) in [6.45, 7) is 1.06. The summed E-state index contributed by atoms with van der Waals surface area (Å²) >= 11 is 0. The molecule has 0 fully saturated rings. The molecule has 0 saturated carbocycles. The third-order valence-electron chi connectivity index (χ3n) is 3.52. The van der Waals surface area contributed by atoms with E-state index in [1.54, 1.807) is 0 Å². The molecule has 0 bridgehead atoms. The Morgan fingerprint density at radius 3 is 2.85 bits per heavy atom. The maximum Gasteiger partial charge on any atom is 0.181 e. The number of hydrogen-bond donors (Lipinski definition) is 1. The van der Waals surface area contributed by atoms with Crippen molar-refractivity contribution in [2.24, 2.45) is 0 Å². The van der Waals surface area contributed by atoms with Gasteiger partial charge in [-0.15, -0.1) is 0 Å². The van der Waals surface area contributed by atoms with Crippen LogP contribution in [-0.4, -0.2) is 13.2 Å². The lowest BCUT2D eigenvalue weighted by Crippen LogP contribution is -2.23. The predicted molar refractivity (Wildman–Crippen MR) is 73.7 cm³/mol. The number of hydrogen-bond acceptors (Lipinski definition) is 2. The molecule has 2 aromatic rings. The first-order valence-corrected chi connectivity index (χ1v) is 6.63. The van der Waals surface area contributed by atoms with Crippen LogP contribution >= 0.6 is 0 Å². The zero-order valence-corrected chi connectivity index (χ0v) is 10.9. The average molecular weight is 275 g/mol. The van der Waals surface area contributed by atoms with Crippen LogP contribution in [0.2, 0.25) is 0 Å². The summed E-state index contributed by atoms with van der Waals surface area (Å²) in [4.78, 5) is 0. The van der Waals surface area contributed by atoms with Gasteiger partial charge in [-0.3, -0.25) is 0 Å². The van der Waals surface area contributed by atoms with Gasteiger partial charge in [0.1, 0.15) is 0 Å². The summed E-state index contributed by atoms with van der Waals surface area (Å²) in [7, 11) is 0. The molecule has 4 heteroatoms. The van der Waals surface area contributed by atoms with Gasteiger partial charge in [0.2, 0.25) is 0 Å². The fourth-order valence-electron chi connectivity index (χ4n) is 2.49. The molecule has 1 atom stereocenters. The third-order valence-corrected chi connectivity index (χ3v) is 3.52. The van der Waals surface area contributed by atoms with Crippen LogP contribution in [0.5, 0.6) is 0 Å². The zero-order chi connectivity index (χ0) is 13.9. The minimum Gasteiger partial charge on any atom is -0.380 e. The molecule has 3 rings (SSSR count). The lowest BCUT2D eigenvalue weighted by molar-refractivity contribution is 0.0513. The molecule has 0 spiro atoms. The second kappa shape index (κ2) is 5.59. The van der Waals surface area contributed by atoms with E-state index in [-0.39, 0.29) is 11.8 Å². The molecule has 104 valence electrons. The van der Waals surface area contributed by atoms with Gasteiger partial charge in [-0.2, -0.15) is 0 Å². The first-order valence-electron chi connectivity index (χ1n) is 6.63. The molecule has 0 aliphatic carbocycles. The van der Waals surface area contributed by atoms with E-state index in [9.17, 15) is 8.78 Å². The lowest BCUT2D eigenvalue weighted by Gasteiger charge is -2.26. The summed E-state index contributed by atoms with van der Waals surface area (Å²) in [6.07, 6.45) is 0.753. The van der Waals surface area contributed by atoms with E-state index in [4.69, 9.17) is 4.74 Å². The van der Waals surface area contributed by atoms with Crippen LogP contribution in [0.1, 0.15) is 17.2 Å². The normalized spacial score (nSPS) is 17.6. The van der Waals surface area contributed by atoms with Gasteiger partial charge in [0, 0.05) is 6.54 Å². The van der Waals surface area contributed by atoms with Gasteiger partial charge >= 0.3 is 0 Å². The molecule has 1 N–H and O–H groups in total. The maximum atomic E-state index is 13.6. The Morgan fingerprint density at radius 1 is 1.10 bits per heavy atom. The van der Waals surface area contributed by atoms with Crippen molar-refractivity contribution in [1.82, 2.24) is 0 Å². The average Bonchev–Trinajstić information content (AvgIpc) is 2.49.